The van der Waals surface area contributed by atoms with Crippen molar-refractivity contribution in [2.45, 2.75) is 43.8 Å². The van der Waals surface area contributed by atoms with Crippen molar-refractivity contribution >= 4 is 11.8 Å². The minimum atomic E-state index is -2.67. The lowest BCUT2D eigenvalue weighted by molar-refractivity contribution is -0.158. The first-order chi connectivity index (χ1) is 11.0. The van der Waals surface area contributed by atoms with Gasteiger partial charge < -0.3 is 15.0 Å². The van der Waals surface area contributed by atoms with Gasteiger partial charge in [0.25, 0.3) is 11.8 Å². The Balaban J connectivity index is 1.57. The van der Waals surface area contributed by atoms with Crippen molar-refractivity contribution in [2.75, 3.05) is 39.3 Å². The number of rotatable bonds is 2. The van der Waals surface area contributed by atoms with Gasteiger partial charge in [-0.2, -0.15) is 0 Å². The minimum absolute atomic E-state index is 0.00182. The third-order valence-corrected chi connectivity index (χ3v) is 4.88. The summed E-state index contributed by atoms with van der Waals surface area (Å²) in [6, 6.07) is -0.214. The number of hydrogen-bond acceptors (Lipinski definition) is 4. The Morgan fingerprint density at radius 3 is 2.70 bits per heavy atom. The van der Waals surface area contributed by atoms with E-state index < -0.39 is 12.0 Å². The van der Waals surface area contributed by atoms with E-state index in [0.29, 0.717) is 26.2 Å². The molecule has 3 saturated heterocycles. The molecule has 3 aliphatic heterocycles. The molecule has 3 fully saturated rings. The first-order valence-corrected chi connectivity index (χ1v) is 8.26. The number of hydrogen-bond donors (Lipinski definition) is 1. The maximum atomic E-state index is 13.2. The lowest BCUT2D eigenvalue weighted by atomic mass is 10.0. The van der Waals surface area contributed by atoms with Crippen LogP contribution in [0.25, 0.3) is 0 Å². The van der Waals surface area contributed by atoms with E-state index in [1.807, 2.05) is 4.90 Å². The van der Waals surface area contributed by atoms with Crippen molar-refractivity contribution < 1.29 is 23.1 Å². The van der Waals surface area contributed by atoms with Crippen LogP contribution in [0.1, 0.15) is 25.7 Å². The Morgan fingerprint density at radius 2 is 2.00 bits per heavy atom. The molecule has 0 aromatic carbocycles. The zero-order valence-electron chi connectivity index (χ0n) is 13.1. The van der Waals surface area contributed by atoms with Gasteiger partial charge in [0, 0.05) is 45.6 Å². The number of likely N-dealkylation sites (tertiary alicyclic amines) is 1. The molecule has 8 heteroatoms. The van der Waals surface area contributed by atoms with Gasteiger partial charge in [-0.25, -0.2) is 8.78 Å². The fourth-order valence-corrected chi connectivity index (χ4v) is 3.46. The summed E-state index contributed by atoms with van der Waals surface area (Å²) in [5.74, 6) is -2.90. The molecule has 2 amide bonds. The largest absolute Gasteiger partial charge is 0.366 e. The molecule has 0 spiro atoms. The minimum Gasteiger partial charge on any atom is -0.366 e. The molecule has 0 saturated carbocycles. The average molecular weight is 331 g/mol. The van der Waals surface area contributed by atoms with Gasteiger partial charge in [0.1, 0.15) is 6.10 Å². The van der Waals surface area contributed by atoms with Gasteiger partial charge in [-0.3, -0.25) is 14.5 Å². The highest BCUT2D eigenvalue weighted by molar-refractivity contribution is 5.83. The molecule has 0 aromatic heterocycles. The molecule has 2 atom stereocenters. The highest BCUT2D eigenvalue weighted by Gasteiger charge is 2.40. The van der Waals surface area contributed by atoms with Gasteiger partial charge in [-0.15, -0.1) is 0 Å². The van der Waals surface area contributed by atoms with E-state index in [1.54, 1.807) is 0 Å². The van der Waals surface area contributed by atoms with Crippen molar-refractivity contribution in [3.8, 4) is 0 Å². The Kier molecular flexibility index (Phi) is 4.82. The van der Waals surface area contributed by atoms with Crippen LogP contribution in [0, 0.1) is 0 Å². The van der Waals surface area contributed by atoms with Gasteiger partial charge >= 0.3 is 0 Å². The molecular weight excluding hydrogens is 308 g/mol. The molecule has 3 aliphatic rings. The maximum Gasteiger partial charge on any atom is 0.253 e. The monoisotopic (exact) mass is 331 g/mol. The van der Waals surface area contributed by atoms with Gasteiger partial charge in [0.05, 0.1) is 12.6 Å². The zero-order valence-corrected chi connectivity index (χ0v) is 13.1. The number of nitrogens with one attached hydrogen (secondary N) is 1. The maximum absolute atomic E-state index is 13.2. The smallest absolute Gasteiger partial charge is 0.253 e. The highest BCUT2D eigenvalue weighted by atomic mass is 19.3. The second-order valence-corrected chi connectivity index (χ2v) is 6.48. The van der Waals surface area contributed by atoms with Crippen molar-refractivity contribution in [1.82, 2.24) is 15.1 Å². The number of piperidine rings is 2. The van der Waals surface area contributed by atoms with Gasteiger partial charge in [-0.05, 0) is 12.8 Å². The van der Waals surface area contributed by atoms with E-state index in [-0.39, 0.29) is 43.8 Å². The number of ether oxygens (including phenoxy) is 1. The van der Waals surface area contributed by atoms with Crippen molar-refractivity contribution in [3.63, 3.8) is 0 Å². The van der Waals surface area contributed by atoms with Crippen LogP contribution in [-0.2, 0) is 14.3 Å². The third kappa shape index (κ3) is 3.80. The number of carbonyl (C=O) groups is 2. The SMILES string of the molecule is O=C1NCCCC1N1CCOC(C(=O)N2CCC(F)(F)CC2)C1. The van der Waals surface area contributed by atoms with Crippen LogP contribution in [0.2, 0.25) is 0 Å². The molecule has 2 unspecified atom stereocenters. The summed E-state index contributed by atoms with van der Waals surface area (Å²) in [5, 5.41) is 2.85. The molecule has 23 heavy (non-hydrogen) atoms. The summed E-state index contributed by atoms with van der Waals surface area (Å²) in [6.45, 7) is 2.17. The van der Waals surface area contributed by atoms with Crippen LogP contribution in [-0.4, -0.2) is 79.0 Å². The molecule has 0 aromatic rings. The lowest BCUT2D eigenvalue weighted by Gasteiger charge is -2.40. The summed E-state index contributed by atoms with van der Waals surface area (Å²) in [4.78, 5) is 27.9. The zero-order chi connectivity index (χ0) is 16.4. The average Bonchev–Trinajstić information content (AvgIpc) is 2.55. The Morgan fingerprint density at radius 1 is 1.26 bits per heavy atom. The number of amides is 2. The molecule has 0 aliphatic carbocycles. The lowest BCUT2D eigenvalue weighted by Crippen LogP contribution is -2.59. The predicted octanol–water partition coefficient (Wildman–Crippen LogP) is 0.223. The van der Waals surface area contributed by atoms with Crippen LogP contribution in [0.5, 0.6) is 0 Å². The quantitative estimate of drug-likeness (QED) is 0.787. The van der Waals surface area contributed by atoms with E-state index in [4.69, 9.17) is 4.74 Å². The van der Waals surface area contributed by atoms with Crippen LogP contribution in [0.4, 0.5) is 8.78 Å². The first kappa shape index (κ1) is 16.6. The molecule has 3 rings (SSSR count). The van der Waals surface area contributed by atoms with E-state index >= 15 is 0 Å². The first-order valence-electron chi connectivity index (χ1n) is 8.26. The molecule has 0 radical (unpaired) electrons. The summed E-state index contributed by atoms with van der Waals surface area (Å²) >= 11 is 0. The van der Waals surface area contributed by atoms with Crippen molar-refractivity contribution in [1.29, 1.82) is 0 Å². The Hall–Kier alpha value is -1.28. The highest BCUT2D eigenvalue weighted by Crippen LogP contribution is 2.28. The molecule has 1 N–H and O–H groups in total. The molecule has 6 nitrogen and oxygen atoms in total. The Bertz CT molecular complexity index is 465. The summed E-state index contributed by atoms with van der Waals surface area (Å²) in [7, 11) is 0. The van der Waals surface area contributed by atoms with Gasteiger partial charge in [-0.1, -0.05) is 0 Å². The second kappa shape index (κ2) is 6.68. The number of morpholine rings is 1. The number of nitrogens with zero attached hydrogens (tertiary/aromatic N) is 2. The van der Waals surface area contributed by atoms with Crippen molar-refractivity contribution in [3.05, 3.63) is 0 Å². The predicted molar refractivity (Wildman–Crippen MR) is 78.1 cm³/mol. The van der Waals surface area contributed by atoms with E-state index in [0.717, 1.165) is 12.8 Å². The van der Waals surface area contributed by atoms with Crippen molar-refractivity contribution in [2.24, 2.45) is 0 Å². The van der Waals surface area contributed by atoms with Crippen LogP contribution >= 0.6 is 0 Å². The van der Waals surface area contributed by atoms with Crippen LogP contribution in [0.3, 0.4) is 0 Å². The summed E-state index contributed by atoms with van der Waals surface area (Å²) in [6.07, 6.45) is 0.460. The van der Waals surface area contributed by atoms with E-state index in [1.165, 1.54) is 4.90 Å². The Labute approximate surface area is 134 Å². The molecule has 3 heterocycles. The van der Waals surface area contributed by atoms with E-state index in [9.17, 15) is 18.4 Å². The number of alkyl halides is 2. The molecular formula is C15H23F2N3O3. The summed E-state index contributed by atoms with van der Waals surface area (Å²) < 4.78 is 32.0. The van der Waals surface area contributed by atoms with Gasteiger partial charge in [0.2, 0.25) is 5.91 Å². The topological polar surface area (TPSA) is 61.9 Å². The fraction of sp³-hybridized carbons (Fsp3) is 0.867. The van der Waals surface area contributed by atoms with Crippen LogP contribution < -0.4 is 5.32 Å². The number of halogens is 2. The standard InChI is InChI=1S/C15H23F2N3O3/c16-15(17)3-6-19(7-4-15)14(22)12-10-20(8-9-23-12)11-2-1-5-18-13(11)21/h11-12H,1-10H2,(H,18,21). The molecule has 130 valence electrons. The van der Waals surface area contributed by atoms with E-state index in [2.05, 4.69) is 5.32 Å². The number of carbonyl (C=O) groups excluding carboxylic acids is 2. The third-order valence-electron chi connectivity index (χ3n) is 4.88. The molecule has 0 bridgehead atoms. The summed E-state index contributed by atoms with van der Waals surface area (Å²) in [5.41, 5.74) is 0. The second-order valence-electron chi connectivity index (χ2n) is 6.48. The fourth-order valence-electron chi connectivity index (χ4n) is 3.46. The van der Waals surface area contributed by atoms with Gasteiger partial charge in [0.15, 0.2) is 0 Å². The van der Waals surface area contributed by atoms with Crippen LogP contribution in [0.15, 0.2) is 0 Å². The normalized spacial score (nSPS) is 32.4.